The van der Waals surface area contributed by atoms with Gasteiger partial charge in [0, 0.05) is 18.2 Å². The van der Waals surface area contributed by atoms with Gasteiger partial charge in [-0.15, -0.1) is 0 Å². The third kappa shape index (κ3) is 6.20. The monoisotopic (exact) mass is 385 g/mol. The average molecular weight is 385 g/mol. The van der Waals surface area contributed by atoms with Crippen LogP contribution in [0.15, 0.2) is 48.5 Å². The second-order valence-corrected chi connectivity index (χ2v) is 5.89. The van der Waals surface area contributed by atoms with Crippen LogP contribution in [-0.4, -0.2) is 29.3 Å². The summed E-state index contributed by atoms with van der Waals surface area (Å²) in [7, 11) is 0. The maximum atomic E-state index is 11.8. The minimum atomic E-state index is -0.794. The molecule has 2 aromatic carbocycles. The van der Waals surface area contributed by atoms with Gasteiger partial charge >= 0.3 is 5.97 Å². The number of nitrogens with two attached hydrogens (primary N) is 1. The SMILES string of the molecule is NC(=O)c1ccc(COC(=O)CCNC(=O)Cc2ccccc2)c([N+](=O)[O-])c1. The number of nitrogens with zero attached hydrogens (tertiary/aromatic N) is 1. The quantitative estimate of drug-likeness (QED) is 0.380. The van der Waals surface area contributed by atoms with Crippen LogP contribution in [0.25, 0.3) is 0 Å². The number of nitro benzene ring substituents is 1. The minimum absolute atomic E-state index is 0.0112. The topological polar surface area (TPSA) is 142 Å². The van der Waals surface area contributed by atoms with Gasteiger partial charge in [0.2, 0.25) is 11.8 Å². The van der Waals surface area contributed by atoms with Gasteiger partial charge < -0.3 is 15.8 Å². The van der Waals surface area contributed by atoms with Crippen molar-refractivity contribution in [3.63, 3.8) is 0 Å². The predicted molar refractivity (Wildman–Crippen MR) is 99.2 cm³/mol. The number of ether oxygens (including phenoxy) is 1. The van der Waals surface area contributed by atoms with E-state index in [0.717, 1.165) is 11.6 Å². The Kier molecular flexibility index (Phi) is 7.21. The molecule has 0 unspecified atom stereocenters. The molecule has 3 N–H and O–H groups in total. The summed E-state index contributed by atoms with van der Waals surface area (Å²) in [5.41, 5.74) is 5.72. The molecule has 2 amide bonds. The third-order valence-electron chi connectivity index (χ3n) is 3.81. The van der Waals surface area contributed by atoms with E-state index in [1.165, 1.54) is 12.1 Å². The van der Waals surface area contributed by atoms with Crippen molar-refractivity contribution in [1.82, 2.24) is 5.32 Å². The minimum Gasteiger partial charge on any atom is -0.460 e. The fourth-order valence-corrected chi connectivity index (χ4v) is 2.39. The number of carbonyl (C=O) groups is 3. The molecule has 0 heterocycles. The van der Waals surface area contributed by atoms with Crippen LogP contribution in [0.2, 0.25) is 0 Å². The summed E-state index contributed by atoms with van der Waals surface area (Å²) in [6.07, 6.45) is 0.127. The van der Waals surface area contributed by atoms with E-state index in [2.05, 4.69) is 5.32 Å². The average Bonchev–Trinajstić information content (AvgIpc) is 2.66. The normalized spacial score (nSPS) is 10.1. The van der Waals surface area contributed by atoms with Gasteiger partial charge in [-0.1, -0.05) is 30.3 Å². The standard InChI is InChI=1S/C19H19N3O6/c20-19(25)14-6-7-15(16(11-14)22(26)27)12-28-18(24)8-9-21-17(23)10-13-4-2-1-3-5-13/h1-7,11H,8-10,12H2,(H2,20,25)(H,21,23). The Bertz CT molecular complexity index is 882. The Labute approximate surface area is 160 Å². The van der Waals surface area contributed by atoms with E-state index in [0.29, 0.717) is 0 Å². The molecule has 0 radical (unpaired) electrons. The molecule has 0 saturated carbocycles. The first-order chi connectivity index (χ1) is 13.4. The molecule has 2 rings (SSSR count). The fourth-order valence-electron chi connectivity index (χ4n) is 2.39. The molecular weight excluding hydrogens is 366 g/mol. The van der Waals surface area contributed by atoms with E-state index in [1.54, 1.807) is 0 Å². The van der Waals surface area contributed by atoms with Crippen molar-refractivity contribution in [3.8, 4) is 0 Å². The lowest BCUT2D eigenvalue weighted by Crippen LogP contribution is -2.27. The molecule has 28 heavy (non-hydrogen) atoms. The number of hydrogen-bond donors (Lipinski definition) is 2. The summed E-state index contributed by atoms with van der Waals surface area (Å²) in [6.45, 7) is -0.237. The van der Waals surface area contributed by atoms with E-state index in [-0.39, 0.29) is 48.7 Å². The first kappa shape index (κ1) is 20.6. The predicted octanol–water partition coefficient (Wildman–Crippen LogP) is 1.49. The molecule has 0 spiro atoms. The zero-order chi connectivity index (χ0) is 20.5. The summed E-state index contributed by atoms with van der Waals surface area (Å²) in [6, 6.07) is 12.8. The van der Waals surface area contributed by atoms with Crippen molar-refractivity contribution in [2.75, 3.05) is 6.54 Å². The van der Waals surface area contributed by atoms with E-state index >= 15 is 0 Å². The number of benzene rings is 2. The maximum Gasteiger partial charge on any atom is 0.307 e. The number of carbonyl (C=O) groups excluding carboxylic acids is 3. The number of nitrogens with one attached hydrogen (secondary N) is 1. The lowest BCUT2D eigenvalue weighted by molar-refractivity contribution is -0.385. The van der Waals surface area contributed by atoms with Crippen LogP contribution in [0.5, 0.6) is 0 Å². The summed E-state index contributed by atoms with van der Waals surface area (Å²) in [4.78, 5) is 45.1. The van der Waals surface area contributed by atoms with Gasteiger partial charge in [0.05, 0.1) is 23.3 Å². The Morgan fingerprint density at radius 1 is 1.11 bits per heavy atom. The Balaban J connectivity index is 1.80. The van der Waals surface area contributed by atoms with Crippen molar-refractivity contribution in [2.24, 2.45) is 5.73 Å². The molecule has 2 aromatic rings. The molecule has 0 bridgehead atoms. The summed E-state index contributed by atoms with van der Waals surface area (Å²) >= 11 is 0. The van der Waals surface area contributed by atoms with Crippen molar-refractivity contribution in [2.45, 2.75) is 19.4 Å². The van der Waals surface area contributed by atoms with Crippen LogP contribution >= 0.6 is 0 Å². The third-order valence-corrected chi connectivity index (χ3v) is 3.81. The van der Waals surface area contributed by atoms with Crippen molar-refractivity contribution < 1.29 is 24.0 Å². The summed E-state index contributed by atoms with van der Waals surface area (Å²) in [5, 5.41) is 13.7. The first-order valence-corrected chi connectivity index (χ1v) is 8.40. The highest BCUT2D eigenvalue weighted by atomic mass is 16.6. The smallest absolute Gasteiger partial charge is 0.307 e. The molecule has 0 aliphatic rings. The van der Waals surface area contributed by atoms with Crippen molar-refractivity contribution >= 4 is 23.5 Å². The van der Waals surface area contributed by atoms with Crippen LogP contribution in [0, 0.1) is 10.1 Å². The number of esters is 1. The molecule has 0 aliphatic heterocycles. The highest BCUT2D eigenvalue weighted by Gasteiger charge is 2.18. The van der Waals surface area contributed by atoms with E-state index < -0.39 is 16.8 Å². The number of primary amides is 1. The highest BCUT2D eigenvalue weighted by molar-refractivity contribution is 5.93. The Morgan fingerprint density at radius 2 is 1.82 bits per heavy atom. The van der Waals surface area contributed by atoms with Crippen LogP contribution in [0.4, 0.5) is 5.69 Å². The second-order valence-electron chi connectivity index (χ2n) is 5.89. The molecule has 0 aromatic heterocycles. The Hall–Kier alpha value is -3.75. The number of rotatable bonds is 9. The molecule has 9 heteroatoms. The van der Waals surface area contributed by atoms with Crippen LogP contribution in [0.1, 0.15) is 27.9 Å². The number of nitro groups is 1. The first-order valence-electron chi connectivity index (χ1n) is 8.40. The molecule has 0 aliphatic carbocycles. The van der Waals surface area contributed by atoms with Crippen LogP contribution in [-0.2, 0) is 27.4 Å². The molecule has 0 fully saturated rings. The van der Waals surface area contributed by atoms with Crippen LogP contribution < -0.4 is 11.1 Å². The molecule has 9 nitrogen and oxygen atoms in total. The van der Waals surface area contributed by atoms with Crippen molar-refractivity contribution in [1.29, 1.82) is 0 Å². The molecule has 0 saturated heterocycles. The van der Waals surface area contributed by atoms with E-state index in [1.807, 2.05) is 30.3 Å². The lowest BCUT2D eigenvalue weighted by atomic mass is 10.1. The highest BCUT2D eigenvalue weighted by Crippen LogP contribution is 2.21. The molecular formula is C19H19N3O6. The number of amides is 2. The van der Waals surface area contributed by atoms with Gasteiger partial charge in [-0.25, -0.2) is 0 Å². The zero-order valence-corrected chi connectivity index (χ0v) is 14.9. The van der Waals surface area contributed by atoms with Gasteiger partial charge in [0.15, 0.2) is 0 Å². The van der Waals surface area contributed by atoms with Gasteiger partial charge in [0.25, 0.3) is 5.69 Å². The van der Waals surface area contributed by atoms with Gasteiger partial charge in [-0.05, 0) is 17.7 Å². The lowest BCUT2D eigenvalue weighted by Gasteiger charge is -2.08. The second kappa shape index (κ2) is 9.81. The maximum absolute atomic E-state index is 11.8. The largest absolute Gasteiger partial charge is 0.460 e. The van der Waals surface area contributed by atoms with E-state index in [4.69, 9.17) is 10.5 Å². The summed E-state index contributed by atoms with van der Waals surface area (Å²) < 4.78 is 5.01. The summed E-state index contributed by atoms with van der Waals surface area (Å²) in [5.74, 6) is -1.64. The molecule has 0 atom stereocenters. The zero-order valence-electron chi connectivity index (χ0n) is 14.9. The molecule has 146 valence electrons. The van der Waals surface area contributed by atoms with Gasteiger partial charge in [-0.2, -0.15) is 0 Å². The Morgan fingerprint density at radius 3 is 2.46 bits per heavy atom. The van der Waals surface area contributed by atoms with E-state index in [9.17, 15) is 24.5 Å². The van der Waals surface area contributed by atoms with Gasteiger partial charge in [0.1, 0.15) is 6.61 Å². The van der Waals surface area contributed by atoms with Gasteiger partial charge in [-0.3, -0.25) is 24.5 Å². The van der Waals surface area contributed by atoms with Crippen LogP contribution in [0.3, 0.4) is 0 Å². The van der Waals surface area contributed by atoms with Crippen molar-refractivity contribution in [3.05, 3.63) is 75.3 Å². The fraction of sp³-hybridized carbons (Fsp3) is 0.211. The number of hydrogen-bond acceptors (Lipinski definition) is 6.